The van der Waals surface area contributed by atoms with Crippen LogP contribution in [0.2, 0.25) is 0 Å². The number of aryl methyl sites for hydroxylation is 1. The topological polar surface area (TPSA) is 99.4 Å². The Kier molecular flexibility index (Phi) is 3.62. The maximum atomic E-state index is 12.3. The van der Waals surface area contributed by atoms with Crippen molar-refractivity contribution in [2.24, 2.45) is 0 Å². The van der Waals surface area contributed by atoms with Crippen molar-refractivity contribution in [2.75, 3.05) is 11.9 Å². The number of para-hydroxylation sites is 2. The summed E-state index contributed by atoms with van der Waals surface area (Å²) in [5.74, 6) is 0.962. The molecule has 2 aromatic heterocycles. The zero-order chi connectivity index (χ0) is 16.5. The Hall–Kier alpha value is -2.94. The maximum absolute atomic E-state index is 12.3. The molecule has 8 nitrogen and oxygen atoms in total. The van der Waals surface area contributed by atoms with E-state index in [0.717, 1.165) is 5.01 Å². The fourth-order valence-corrected chi connectivity index (χ4v) is 2.76. The van der Waals surface area contributed by atoms with Crippen LogP contribution in [-0.2, 0) is 4.79 Å². The first kappa shape index (κ1) is 14.6. The molecule has 1 aliphatic rings. The minimum atomic E-state index is -0.795. The summed E-state index contributed by atoms with van der Waals surface area (Å²) in [7, 11) is 0. The van der Waals surface area contributed by atoms with E-state index in [1.165, 1.54) is 11.3 Å². The summed E-state index contributed by atoms with van der Waals surface area (Å²) in [4.78, 5) is 16.5. The quantitative estimate of drug-likeness (QED) is 0.778. The second-order valence-electron chi connectivity index (χ2n) is 5.02. The number of carbonyl (C=O) groups excluding carboxylic acids is 1. The van der Waals surface area contributed by atoms with Crippen molar-refractivity contribution in [3.63, 3.8) is 0 Å². The summed E-state index contributed by atoms with van der Waals surface area (Å²) in [5, 5.41) is 12.9. The molecule has 1 atom stereocenters. The zero-order valence-corrected chi connectivity index (χ0v) is 13.4. The minimum absolute atomic E-state index is 0.0110. The lowest BCUT2D eigenvalue weighted by molar-refractivity contribution is -0.125. The van der Waals surface area contributed by atoms with Crippen molar-refractivity contribution in [1.82, 2.24) is 15.2 Å². The number of carbonyl (C=O) groups is 1. The van der Waals surface area contributed by atoms with Gasteiger partial charge in [0, 0.05) is 5.38 Å². The Bertz CT molecular complexity index is 891. The van der Waals surface area contributed by atoms with E-state index >= 15 is 0 Å². The highest BCUT2D eigenvalue weighted by Crippen LogP contribution is 2.31. The first-order chi connectivity index (χ1) is 11.7. The first-order valence-electron chi connectivity index (χ1n) is 7.14. The fraction of sp³-hybridized carbons (Fsp3) is 0.200. The highest BCUT2D eigenvalue weighted by molar-refractivity contribution is 7.09. The molecule has 1 N–H and O–H groups in total. The lowest BCUT2D eigenvalue weighted by Crippen LogP contribution is -2.40. The number of aromatic nitrogens is 3. The van der Waals surface area contributed by atoms with Gasteiger partial charge < -0.3 is 13.9 Å². The van der Waals surface area contributed by atoms with Gasteiger partial charge >= 0.3 is 6.01 Å². The van der Waals surface area contributed by atoms with E-state index in [1.54, 1.807) is 12.1 Å². The van der Waals surface area contributed by atoms with Crippen LogP contribution in [-0.4, -0.2) is 33.8 Å². The van der Waals surface area contributed by atoms with Crippen LogP contribution in [0.15, 0.2) is 34.1 Å². The standard InChI is InChI=1S/C15H12N4O4S/c1-8-16-9(7-24-8)14-18-19-15(23-14)17-13(20)12-6-21-10-4-2-3-5-11(10)22-12/h2-5,7,12H,6H2,1H3,(H,17,19,20). The lowest BCUT2D eigenvalue weighted by atomic mass is 10.2. The van der Waals surface area contributed by atoms with Gasteiger partial charge in [-0.05, 0) is 19.1 Å². The molecule has 1 aromatic carbocycles. The van der Waals surface area contributed by atoms with Gasteiger partial charge in [-0.3, -0.25) is 10.1 Å². The molecule has 0 bridgehead atoms. The monoisotopic (exact) mass is 344 g/mol. The third-order valence-electron chi connectivity index (χ3n) is 3.29. The van der Waals surface area contributed by atoms with Crippen molar-refractivity contribution in [2.45, 2.75) is 13.0 Å². The predicted molar refractivity (Wildman–Crippen MR) is 85.1 cm³/mol. The SMILES string of the molecule is Cc1nc(-c2nnc(NC(=O)C3COc4ccccc4O3)o2)cs1. The number of fused-ring (bicyclic) bond motifs is 1. The predicted octanol–water partition coefficient (Wildman–Crippen LogP) is 2.28. The molecular weight excluding hydrogens is 332 g/mol. The highest BCUT2D eigenvalue weighted by Gasteiger charge is 2.28. The maximum Gasteiger partial charge on any atom is 0.322 e. The van der Waals surface area contributed by atoms with Crippen LogP contribution in [0.3, 0.4) is 0 Å². The molecule has 0 saturated carbocycles. The Labute approximate surface area is 140 Å². The zero-order valence-electron chi connectivity index (χ0n) is 12.6. The van der Waals surface area contributed by atoms with E-state index in [1.807, 2.05) is 24.4 Å². The van der Waals surface area contributed by atoms with Gasteiger partial charge in [-0.1, -0.05) is 17.2 Å². The molecule has 3 aromatic rings. The number of nitrogens with zero attached hydrogens (tertiary/aromatic N) is 3. The first-order valence-corrected chi connectivity index (χ1v) is 8.02. The molecule has 9 heteroatoms. The van der Waals surface area contributed by atoms with Crippen LogP contribution in [0.5, 0.6) is 11.5 Å². The van der Waals surface area contributed by atoms with Crippen LogP contribution in [0.4, 0.5) is 6.01 Å². The van der Waals surface area contributed by atoms with E-state index < -0.39 is 12.0 Å². The van der Waals surface area contributed by atoms with Crippen molar-refractivity contribution in [3.05, 3.63) is 34.7 Å². The van der Waals surface area contributed by atoms with Crippen molar-refractivity contribution in [1.29, 1.82) is 0 Å². The van der Waals surface area contributed by atoms with Gasteiger partial charge in [0.25, 0.3) is 11.8 Å². The second-order valence-corrected chi connectivity index (χ2v) is 6.08. The van der Waals surface area contributed by atoms with E-state index in [2.05, 4.69) is 20.5 Å². The van der Waals surface area contributed by atoms with Crippen LogP contribution >= 0.6 is 11.3 Å². The molecule has 0 fully saturated rings. The molecule has 1 amide bonds. The van der Waals surface area contributed by atoms with Gasteiger partial charge in [0.2, 0.25) is 6.10 Å². The second kappa shape index (κ2) is 5.93. The largest absolute Gasteiger partial charge is 0.485 e. The smallest absolute Gasteiger partial charge is 0.322 e. The average Bonchev–Trinajstić information content (AvgIpc) is 3.23. The van der Waals surface area contributed by atoms with E-state index in [9.17, 15) is 4.79 Å². The van der Waals surface area contributed by atoms with E-state index in [0.29, 0.717) is 17.2 Å². The minimum Gasteiger partial charge on any atom is -0.485 e. The Morgan fingerprint density at radius 2 is 2.12 bits per heavy atom. The Balaban J connectivity index is 1.44. The fourth-order valence-electron chi connectivity index (χ4n) is 2.17. The lowest BCUT2D eigenvalue weighted by Gasteiger charge is -2.24. The third-order valence-corrected chi connectivity index (χ3v) is 4.07. The van der Waals surface area contributed by atoms with Crippen molar-refractivity contribution >= 4 is 23.3 Å². The normalized spacial score (nSPS) is 16.0. The van der Waals surface area contributed by atoms with Gasteiger partial charge in [-0.25, -0.2) is 4.98 Å². The number of amides is 1. The number of hydrogen-bond donors (Lipinski definition) is 1. The van der Waals surface area contributed by atoms with Gasteiger partial charge in [0.1, 0.15) is 12.3 Å². The van der Waals surface area contributed by atoms with Gasteiger partial charge in [0.05, 0.1) is 5.01 Å². The molecule has 1 unspecified atom stereocenters. The molecule has 0 saturated heterocycles. The molecule has 3 heterocycles. The van der Waals surface area contributed by atoms with Crippen LogP contribution < -0.4 is 14.8 Å². The average molecular weight is 344 g/mol. The molecule has 4 rings (SSSR count). The van der Waals surface area contributed by atoms with Crippen LogP contribution in [0, 0.1) is 6.92 Å². The van der Waals surface area contributed by atoms with E-state index in [4.69, 9.17) is 13.9 Å². The van der Waals surface area contributed by atoms with Gasteiger partial charge in [0.15, 0.2) is 11.5 Å². The summed E-state index contributed by atoms with van der Waals surface area (Å²) < 4.78 is 16.5. The molecular formula is C15H12N4O4S. The third kappa shape index (κ3) is 2.81. The molecule has 1 aliphatic heterocycles. The molecule has 0 radical (unpaired) electrons. The van der Waals surface area contributed by atoms with Crippen LogP contribution in [0.1, 0.15) is 5.01 Å². The molecule has 24 heavy (non-hydrogen) atoms. The molecule has 0 aliphatic carbocycles. The summed E-state index contributed by atoms with van der Waals surface area (Å²) in [6, 6.07) is 7.15. The van der Waals surface area contributed by atoms with E-state index in [-0.39, 0.29) is 18.5 Å². The summed E-state index contributed by atoms with van der Waals surface area (Å²) in [6.45, 7) is 1.99. The van der Waals surface area contributed by atoms with Crippen LogP contribution in [0.25, 0.3) is 11.6 Å². The van der Waals surface area contributed by atoms with Gasteiger partial charge in [-0.2, -0.15) is 0 Å². The number of thiazole rings is 1. The molecule has 0 spiro atoms. The number of ether oxygens (including phenoxy) is 2. The number of benzene rings is 1. The summed E-state index contributed by atoms with van der Waals surface area (Å²) in [5.41, 5.74) is 0.580. The number of rotatable bonds is 3. The Morgan fingerprint density at radius 1 is 1.29 bits per heavy atom. The van der Waals surface area contributed by atoms with Crippen molar-refractivity contribution in [3.8, 4) is 23.1 Å². The van der Waals surface area contributed by atoms with Gasteiger partial charge in [-0.15, -0.1) is 16.4 Å². The summed E-state index contributed by atoms with van der Waals surface area (Å²) in [6.07, 6.45) is -0.795. The highest BCUT2D eigenvalue weighted by atomic mass is 32.1. The Morgan fingerprint density at radius 3 is 2.92 bits per heavy atom. The number of anilines is 1. The summed E-state index contributed by atoms with van der Waals surface area (Å²) >= 11 is 1.48. The number of nitrogens with one attached hydrogen (secondary N) is 1. The molecule has 122 valence electrons. The number of hydrogen-bond acceptors (Lipinski definition) is 8. The van der Waals surface area contributed by atoms with Crippen molar-refractivity contribution < 1.29 is 18.7 Å².